The van der Waals surface area contributed by atoms with Crippen molar-refractivity contribution in [3.8, 4) is 0 Å². The number of carbonyl (C=O) groups excluding carboxylic acids is 1. The molecule has 0 saturated heterocycles. The molecule has 2 rings (SSSR count). The Bertz CT molecular complexity index is 752. The van der Waals surface area contributed by atoms with Gasteiger partial charge in [-0.2, -0.15) is 0 Å². The second-order valence-electron chi connectivity index (χ2n) is 4.12. The van der Waals surface area contributed by atoms with Gasteiger partial charge in [0.1, 0.15) is 6.04 Å². The summed E-state index contributed by atoms with van der Waals surface area (Å²) in [4.78, 5) is 33.7. The Hall–Kier alpha value is -2.74. The second-order valence-corrected chi connectivity index (χ2v) is 4.12. The average molecular weight is 277 g/mol. The van der Waals surface area contributed by atoms with Crippen LogP contribution in [0.2, 0.25) is 0 Å². The largest absolute Gasteiger partial charge is 0.394 e. The lowest BCUT2D eigenvalue weighted by atomic mass is 10.1. The molecule has 0 radical (unpaired) electrons. The van der Waals surface area contributed by atoms with Crippen molar-refractivity contribution in [1.29, 1.82) is 0 Å². The highest BCUT2D eigenvalue weighted by Gasteiger charge is 2.20. The van der Waals surface area contributed by atoms with E-state index >= 15 is 0 Å². The number of nitro groups is 1. The zero-order valence-corrected chi connectivity index (χ0v) is 10.2. The van der Waals surface area contributed by atoms with Gasteiger partial charge < -0.3 is 15.4 Å². The van der Waals surface area contributed by atoms with Gasteiger partial charge in [-0.15, -0.1) is 0 Å². The third kappa shape index (κ3) is 2.12. The summed E-state index contributed by atoms with van der Waals surface area (Å²) in [7, 11) is 0. The van der Waals surface area contributed by atoms with Gasteiger partial charge in [0.15, 0.2) is 0 Å². The van der Waals surface area contributed by atoms with E-state index in [2.05, 4.69) is 0 Å². The van der Waals surface area contributed by atoms with Crippen LogP contribution >= 0.6 is 0 Å². The van der Waals surface area contributed by atoms with Crippen molar-refractivity contribution in [1.82, 2.24) is 4.57 Å². The predicted molar refractivity (Wildman–Crippen MR) is 70.2 cm³/mol. The van der Waals surface area contributed by atoms with Crippen molar-refractivity contribution in [2.75, 3.05) is 6.61 Å². The molecule has 0 aliphatic heterocycles. The molecule has 1 atom stereocenters. The van der Waals surface area contributed by atoms with Crippen LogP contribution < -0.4 is 11.3 Å². The molecule has 3 N–H and O–H groups in total. The van der Waals surface area contributed by atoms with Gasteiger partial charge in [0.2, 0.25) is 5.91 Å². The molecule has 8 heteroatoms. The number of benzene rings is 1. The van der Waals surface area contributed by atoms with Crippen LogP contribution in [0, 0.1) is 10.1 Å². The molecule has 1 aromatic heterocycles. The number of primary amides is 1. The van der Waals surface area contributed by atoms with E-state index < -0.39 is 29.0 Å². The molecule has 1 unspecified atom stereocenters. The number of hydrogen-bond acceptors (Lipinski definition) is 5. The van der Waals surface area contributed by atoms with Crippen LogP contribution in [0.1, 0.15) is 6.04 Å². The number of nitrogens with two attached hydrogens (primary N) is 1. The molecule has 2 aromatic rings. The minimum absolute atomic E-state index is 0.0846. The molecule has 0 fully saturated rings. The van der Waals surface area contributed by atoms with Gasteiger partial charge in [-0.05, 0) is 12.1 Å². The molecule has 0 spiro atoms. The summed E-state index contributed by atoms with van der Waals surface area (Å²) in [5.74, 6) is -0.862. The van der Waals surface area contributed by atoms with Gasteiger partial charge in [-0.25, -0.2) is 0 Å². The Morgan fingerprint density at radius 2 is 2.10 bits per heavy atom. The first-order valence-electron chi connectivity index (χ1n) is 5.65. The molecular weight excluding hydrogens is 266 g/mol. The number of pyridine rings is 1. The first-order chi connectivity index (χ1) is 9.47. The topological polar surface area (TPSA) is 128 Å². The van der Waals surface area contributed by atoms with E-state index in [1.807, 2.05) is 0 Å². The average Bonchev–Trinajstić information content (AvgIpc) is 2.41. The highest BCUT2D eigenvalue weighted by atomic mass is 16.6. The van der Waals surface area contributed by atoms with Crippen molar-refractivity contribution >= 4 is 22.4 Å². The molecule has 1 aromatic carbocycles. The van der Waals surface area contributed by atoms with E-state index in [4.69, 9.17) is 10.8 Å². The van der Waals surface area contributed by atoms with Crippen molar-refractivity contribution in [3.05, 3.63) is 50.9 Å². The lowest BCUT2D eigenvalue weighted by molar-refractivity contribution is -0.383. The summed E-state index contributed by atoms with van der Waals surface area (Å²) in [6.07, 6.45) is 1.21. The molecule has 0 saturated carbocycles. The van der Waals surface area contributed by atoms with E-state index in [9.17, 15) is 19.7 Å². The lowest BCUT2D eigenvalue weighted by Crippen LogP contribution is -2.35. The van der Waals surface area contributed by atoms with Crippen molar-refractivity contribution in [2.45, 2.75) is 6.04 Å². The number of nitrogens with zero attached hydrogens (tertiary/aromatic N) is 2. The van der Waals surface area contributed by atoms with E-state index in [-0.39, 0.29) is 16.5 Å². The number of nitro benzene ring substituents is 1. The van der Waals surface area contributed by atoms with E-state index in [0.717, 1.165) is 4.57 Å². The van der Waals surface area contributed by atoms with Crippen molar-refractivity contribution in [2.24, 2.45) is 5.73 Å². The smallest absolute Gasteiger partial charge is 0.277 e. The normalized spacial score (nSPS) is 12.2. The van der Waals surface area contributed by atoms with Crippen molar-refractivity contribution < 1.29 is 14.8 Å². The van der Waals surface area contributed by atoms with Crippen LogP contribution in [-0.4, -0.2) is 27.1 Å². The maximum Gasteiger partial charge on any atom is 0.277 e. The van der Waals surface area contributed by atoms with E-state index in [0.29, 0.717) is 0 Å². The van der Waals surface area contributed by atoms with Gasteiger partial charge in [0.25, 0.3) is 11.2 Å². The number of aliphatic hydroxyl groups is 1. The Labute approximate surface area is 112 Å². The lowest BCUT2D eigenvalue weighted by Gasteiger charge is -2.14. The van der Waals surface area contributed by atoms with E-state index in [1.165, 1.54) is 30.5 Å². The van der Waals surface area contributed by atoms with Crippen LogP contribution in [0.3, 0.4) is 0 Å². The highest BCUT2D eigenvalue weighted by Crippen LogP contribution is 2.23. The maximum atomic E-state index is 12.2. The summed E-state index contributed by atoms with van der Waals surface area (Å²) in [6.45, 7) is -0.629. The second kappa shape index (κ2) is 5.10. The SMILES string of the molecule is NC(=O)C(CO)n1ccc2c([N+](=O)[O-])cccc2c1=O. The Balaban J connectivity index is 2.76. The quantitative estimate of drug-likeness (QED) is 0.597. The van der Waals surface area contributed by atoms with Crippen LogP contribution in [0.25, 0.3) is 10.8 Å². The third-order valence-electron chi connectivity index (χ3n) is 2.98. The third-order valence-corrected chi connectivity index (χ3v) is 2.98. The minimum Gasteiger partial charge on any atom is -0.394 e. The number of aliphatic hydroxyl groups excluding tert-OH is 1. The molecule has 0 bridgehead atoms. The van der Waals surface area contributed by atoms with Gasteiger partial charge in [-0.3, -0.25) is 19.7 Å². The Morgan fingerprint density at radius 1 is 1.40 bits per heavy atom. The molecule has 1 amide bonds. The van der Waals surface area contributed by atoms with Crippen LogP contribution in [-0.2, 0) is 4.79 Å². The fourth-order valence-electron chi connectivity index (χ4n) is 2.00. The summed E-state index contributed by atoms with van der Waals surface area (Å²) < 4.78 is 0.967. The zero-order chi connectivity index (χ0) is 14.9. The maximum absolute atomic E-state index is 12.2. The molecule has 0 aliphatic rings. The highest BCUT2D eigenvalue weighted by molar-refractivity contribution is 5.90. The molecule has 0 aliphatic carbocycles. The zero-order valence-electron chi connectivity index (χ0n) is 10.2. The van der Waals surface area contributed by atoms with Crippen LogP contribution in [0.15, 0.2) is 35.3 Å². The Morgan fingerprint density at radius 3 is 2.65 bits per heavy atom. The van der Waals surface area contributed by atoms with Gasteiger partial charge in [0.05, 0.1) is 22.3 Å². The molecule has 1 heterocycles. The summed E-state index contributed by atoms with van der Waals surface area (Å²) in [5, 5.41) is 20.3. The first-order valence-corrected chi connectivity index (χ1v) is 5.65. The predicted octanol–water partition coefficient (Wildman–Crippen LogP) is -0.0716. The minimum atomic E-state index is -1.20. The van der Waals surface area contributed by atoms with Gasteiger partial charge in [-0.1, -0.05) is 6.07 Å². The number of carbonyl (C=O) groups is 1. The summed E-state index contributed by atoms with van der Waals surface area (Å²) in [6, 6.07) is 4.22. The molecule has 104 valence electrons. The number of non-ortho nitro benzene ring substituents is 1. The summed E-state index contributed by atoms with van der Waals surface area (Å²) in [5.41, 5.74) is 4.28. The number of amides is 1. The number of fused-ring (bicyclic) bond motifs is 1. The molecule has 8 nitrogen and oxygen atoms in total. The van der Waals surface area contributed by atoms with Crippen molar-refractivity contribution in [3.63, 3.8) is 0 Å². The molecule has 20 heavy (non-hydrogen) atoms. The van der Waals surface area contributed by atoms with Gasteiger partial charge >= 0.3 is 0 Å². The monoisotopic (exact) mass is 277 g/mol. The fraction of sp³-hybridized carbons (Fsp3) is 0.167. The number of aromatic nitrogens is 1. The fourth-order valence-corrected chi connectivity index (χ4v) is 2.00. The van der Waals surface area contributed by atoms with Crippen LogP contribution in [0.5, 0.6) is 0 Å². The standard InChI is InChI=1S/C12H11N3O5/c13-11(17)10(6-16)14-5-4-7-8(12(14)18)2-1-3-9(7)15(19)20/h1-5,10,16H,6H2,(H2,13,17). The summed E-state index contributed by atoms with van der Waals surface area (Å²) >= 11 is 0. The van der Waals surface area contributed by atoms with Gasteiger partial charge in [0, 0.05) is 12.3 Å². The molecular formula is C12H11N3O5. The number of rotatable bonds is 4. The first kappa shape index (κ1) is 13.7. The van der Waals surface area contributed by atoms with E-state index in [1.54, 1.807) is 0 Å². The number of hydrogen-bond donors (Lipinski definition) is 2. The van der Waals surface area contributed by atoms with Crippen LogP contribution in [0.4, 0.5) is 5.69 Å². The Kier molecular flexibility index (Phi) is 3.49.